The molecule has 1 saturated heterocycles. The van der Waals surface area contributed by atoms with E-state index in [4.69, 9.17) is 4.74 Å². The number of rotatable bonds is 0. The van der Waals surface area contributed by atoms with E-state index in [0.29, 0.717) is 0 Å². The lowest BCUT2D eigenvalue weighted by Gasteiger charge is -2.24. The van der Waals surface area contributed by atoms with Gasteiger partial charge in [-0.15, -0.1) is 0 Å². The number of nitrogens with zero attached hydrogens (tertiary/aromatic N) is 1. The van der Waals surface area contributed by atoms with Crippen LogP contribution in [0.25, 0.3) is 0 Å². The largest absolute Gasteiger partial charge is 0.359 e. The van der Waals surface area contributed by atoms with E-state index in [2.05, 4.69) is 0 Å². The molecule has 2 aromatic carbocycles. The molecule has 0 spiro atoms. The van der Waals surface area contributed by atoms with Gasteiger partial charge in [-0.05, 0) is 12.1 Å². The van der Waals surface area contributed by atoms with Crippen LogP contribution in [0.3, 0.4) is 0 Å². The van der Waals surface area contributed by atoms with E-state index in [1.165, 1.54) is 0 Å². The summed E-state index contributed by atoms with van der Waals surface area (Å²) in [6.07, 6.45) is 0.170. The average Bonchev–Trinajstić information content (AvgIpc) is 3.19. The molecule has 0 aliphatic carbocycles. The summed E-state index contributed by atoms with van der Waals surface area (Å²) in [5, 5.41) is 0. The Morgan fingerprint density at radius 2 is 1.42 bits per heavy atom. The molecular formula is C16H13NO2. The minimum atomic E-state index is 0.0289. The Balaban J connectivity index is 2.02. The molecule has 94 valence electrons. The van der Waals surface area contributed by atoms with Gasteiger partial charge < -0.3 is 4.74 Å². The van der Waals surface area contributed by atoms with Crippen LogP contribution < -0.4 is 4.90 Å². The smallest absolute Gasteiger partial charge is 0.228 e. The second-order valence-electron chi connectivity index (χ2n) is 4.95. The molecule has 2 aromatic rings. The number of hydrogen-bond acceptors (Lipinski definition) is 2. The van der Waals surface area contributed by atoms with Crippen LogP contribution in [0.2, 0.25) is 0 Å². The van der Waals surface area contributed by atoms with Crippen LogP contribution >= 0.6 is 0 Å². The topological polar surface area (TPSA) is 32.8 Å². The maximum Gasteiger partial charge on any atom is 0.228 e. The number of hydrogen-bond donors (Lipinski definition) is 0. The minimum Gasteiger partial charge on any atom is -0.359 e. The van der Waals surface area contributed by atoms with E-state index in [1.807, 2.05) is 48.5 Å². The zero-order valence-corrected chi connectivity index (χ0v) is 10.5. The first-order valence-electron chi connectivity index (χ1n) is 6.41. The molecule has 0 saturated carbocycles. The summed E-state index contributed by atoms with van der Waals surface area (Å²) in [7, 11) is 0. The normalized spacial score (nSPS) is 22.9. The molecule has 2 aliphatic heterocycles. The number of anilines is 2. The predicted molar refractivity (Wildman–Crippen MR) is 72.3 cm³/mol. The van der Waals surface area contributed by atoms with Crippen molar-refractivity contribution in [2.75, 3.05) is 4.90 Å². The van der Waals surface area contributed by atoms with Crippen molar-refractivity contribution in [1.29, 1.82) is 0 Å². The molecule has 1 fully saturated rings. The Morgan fingerprint density at radius 3 is 1.89 bits per heavy atom. The molecule has 0 bridgehead atoms. The van der Waals surface area contributed by atoms with Gasteiger partial charge in [0.25, 0.3) is 0 Å². The van der Waals surface area contributed by atoms with Gasteiger partial charge >= 0.3 is 0 Å². The second-order valence-corrected chi connectivity index (χ2v) is 4.95. The fourth-order valence-electron chi connectivity index (χ4n) is 2.92. The maximum atomic E-state index is 12.1. The first-order valence-corrected chi connectivity index (χ1v) is 6.41. The zero-order chi connectivity index (χ0) is 13.0. The van der Waals surface area contributed by atoms with E-state index < -0.39 is 0 Å². The van der Waals surface area contributed by atoms with E-state index >= 15 is 0 Å². The summed E-state index contributed by atoms with van der Waals surface area (Å²) < 4.78 is 5.80. The molecule has 4 rings (SSSR count). The fraction of sp³-hybridized carbons (Fsp3) is 0.188. The Bertz CT molecular complexity index is 628. The summed E-state index contributed by atoms with van der Waals surface area (Å²) in [5.74, 6) is 0.0289. The molecule has 1 amide bonds. The van der Waals surface area contributed by atoms with Crippen molar-refractivity contribution in [2.45, 2.75) is 19.1 Å². The van der Waals surface area contributed by atoms with E-state index in [-0.39, 0.29) is 18.1 Å². The lowest BCUT2D eigenvalue weighted by atomic mass is 10.0. The maximum absolute atomic E-state index is 12.1. The predicted octanol–water partition coefficient (Wildman–Crippen LogP) is 3.50. The summed E-state index contributed by atoms with van der Waals surface area (Å²) in [4.78, 5) is 13.9. The lowest BCUT2D eigenvalue weighted by Crippen LogP contribution is -2.24. The average molecular weight is 251 g/mol. The molecule has 2 heterocycles. The van der Waals surface area contributed by atoms with Crippen LogP contribution in [0.15, 0.2) is 48.5 Å². The van der Waals surface area contributed by atoms with Crippen molar-refractivity contribution < 1.29 is 9.53 Å². The SMILES string of the molecule is CC(=O)N1c2ccccc2C2OC2c2ccccc21. The van der Waals surface area contributed by atoms with Crippen molar-refractivity contribution in [2.24, 2.45) is 0 Å². The number of carbonyl (C=O) groups is 1. The molecule has 3 nitrogen and oxygen atoms in total. The van der Waals surface area contributed by atoms with Crippen LogP contribution in [-0.4, -0.2) is 5.91 Å². The third-order valence-corrected chi connectivity index (χ3v) is 3.77. The highest BCUT2D eigenvalue weighted by Crippen LogP contribution is 2.58. The van der Waals surface area contributed by atoms with Gasteiger partial charge in [-0.3, -0.25) is 9.69 Å². The van der Waals surface area contributed by atoms with Crippen LogP contribution in [0.5, 0.6) is 0 Å². The number of carbonyl (C=O) groups excluding carboxylic acids is 1. The first kappa shape index (κ1) is 10.8. The third-order valence-electron chi connectivity index (χ3n) is 3.77. The summed E-state index contributed by atoms with van der Waals surface area (Å²) in [5.41, 5.74) is 4.07. The van der Waals surface area contributed by atoms with E-state index in [9.17, 15) is 4.79 Å². The van der Waals surface area contributed by atoms with Gasteiger partial charge in [-0.1, -0.05) is 36.4 Å². The van der Waals surface area contributed by atoms with Gasteiger partial charge in [0.2, 0.25) is 5.91 Å². The van der Waals surface area contributed by atoms with Gasteiger partial charge in [0, 0.05) is 18.1 Å². The Kier molecular flexibility index (Phi) is 2.09. The molecular weight excluding hydrogens is 238 g/mol. The van der Waals surface area contributed by atoms with Crippen molar-refractivity contribution in [3.05, 3.63) is 59.7 Å². The molecule has 2 atom stereocenters. The van der Waals surface area contributed by atoms with Crippen molar-refractivity contribution in [1.82, 2.24) is 0 Å². The number of para-hydroxylation sites is 2. The Hall–Kier alpha value is -2.13. The van der Waals surface area contributed by atoms with Gasteiger partial charge in [0.05, 0.1) is 11.4 Å². The molecule has 0 radical (unpaired) electrons. The molecule has 2 aliphatic rings. The Labute approximate surface area is 111 Å². The highest BCUT2D eigenvalue weighted by Gasteiger charge is 2.47. The number of ether oxygens (including phenoxy) is 1. The number of benzene rings is 2. The third kappa shape index (κ3) is 1.45. The zero-order valence-electron chi connectivity index (χ0n) is 10.5. The van der Waals surface area contributed by atoms with Crippen LogP contribution in [-0.2, 0) is 9.53 Å². The highest BCUT2D eigenvalue weighted by molar-refractivity contribution is 6.01. The van der Waals surface area contributed by atoms with Crippen molar-refractivity contribution in [3.8, 4) is 0 Å². The molecule has 0 N–H and O–H groups in total. The summed E-state index contributed by atoms with van der Waals surface area (Å²) in [6, 6.07) is 16.0. The van der Waals surface area contributed by atoms with Gasteiger partial charge in [-0.25, -0.2) is 0 Å². The fourth-order valence-corrected chi connectivity index (χ4v) is 2.92. The van der Waals surface area contributed by atoms with Gasteiger partial charge in [0.15, 0.2) is 0 Å². The molecule has 2 unspecified atom stereocenters. The molecule has 19 heavy (non-hydrogen) atoms. The number of amides is 1. The van der Waals surface area contributed by atoms with Crippen molar-refractivity contribution >= 4 is 17.3 Å². The lowest BCUT2D eigenvalue weighted by molar-refractivity contribution is -0.115. The van der Waals surface area contributed by atoms with Gasteiger partial charge in [-0.2, -0.15) is 0 Å². The van der Waals surface area contributed by atoms with Gasteiger partial charge in [0.1, 0.15) is 12.2 Å². The first-order chi connectivity index (χ1) is 9.27. The number of fused-ring (bicyclic) bond motifs is 5. The van der Waals surface area contributed by atoms with E-state index in [1.54, 1.807) is 11.8 Å². The second kappa shape index (κ2) is 3.68. The van der Waals surface area contributed by atoms with Crippen molar-refractivity contribution in [3.63, 3.8) is 0 Å². The number of epoxide rings is 1. The summed E-state index contributed by atoms with van der Waals surface area (Å²) in [6.45, 7) is 1.60. The van der Waals surface area contributed by atoms with Crippen LogP contribution in [0.1, 0.15) is 30.3 Å². The van der Waals surface area contributed by atoms with Crippen LogP contribution in [0.4, 0.5) is 11.4 Å². The Morgan fingerprint density at radius 1 is 0.947 bits per heavy atom. The summed E-state index contributed by atoms with van der Waals surface area (Å²) >= 11 is 0. The van der Waals surface area contributed by atoms with E-state index in [0.717, 1.165) is 22.5 Å². The highest BCUT2D eigenvalue weighted by atomic mass is 16.6. The van der Waals surface area contributed by atoms with Crippen LogP contribution in [0, 0.1) is 0 Å². The standard InChI is InChI=1S/C16H13NO2/c1-10(18)17-13-8-4-2-6-11(13)15-16(19-15)12-7-3-5-9-14(12)17/h2-9,15-16H,1H3. The molecule has 3 heteroatoms. The minimum absolute atomic E-state index is 0.0289. The molecule has 0 aromatic heterocycles. The quantitative estimate of drug-likeness (QED) is 0.671. The monoisotopic (exact) mass is 251 g/mol.